The van der Waals surface area contributed by atoms with Crippen LogP contribution in [0.4, 0.5) is 26.3 Å². The molecule has 34 heavy (non-hydrogen) atoms. The van der Waals surface area contributed by atoms with Gasteiger partial charge >= 0.3 is 12.4 Å². The number of carbonyl (C=O) groups excluding carboxylic acids is 1. The van der Waals surface area contributed by atoms with Gasteiger partial charge < -0.3 is 15.4 Å². The van der Waals surface area contributed by atoms with Gasteiger partial charge in [0.1, 0.15) is 0 Å². The molecule has 2 N–H and O–H groups in total. The number of alkyl halides is 6. The lowest BCUT2D eigenvalue weighted by molar-refractivity contribution is -0.143. The van der Waals surface area contributed by atoms with E-state index in [4.69, 9.17) is 4.74 Å². The zero-order valence-corrected chi connectivity index (χ0v) is 18.5. The number of carbonyl (C=O) groups is 1. The van der Waals surface area contributed by atoms with Crippen molar-refractivity contribution < 1.29 is 35.9 Å². The molecule has 1 aliphatic rings. The number of nitrogens with one attached hydrogen (secondary N) is 2. The molecule has 0 aromatic heterocycles. The van der Waals surface area contributed by atoms with Gasteiger partial charge in [-0.2, -0.15) is 26.3 Å². The molecule has 1 aliphatic heterocycles. The van der Waals surface area contributed by atoms with Crippen LogP contribution in [-0.2, 0) is 27.4 Å². The Morgan fingerprint density at radius 2 is 1.59 bits per heavy atom. The molecule has 2 aromatic carbocycles. The smallest absolute Gasteiger partial charge is 0.372 e. The number of halogens is 6. The standard InChI is InChI=1S/C24H26F6N2O2/c1-16(17-12-19(23(25,26)27)14-20(13-17)24(28,29)30)34-15-22(18-6-3-2-4-7-18)9-11-31-21(33)8-5-10-32-22/h2-4,6-7,12-14,16,32H,5,8-11,15H2,1H3,(H,31,33)/t16-,22-/m1/s1. The quantitative estimate of drug-likeness (QED) is 0.540. The topological polar surface area (TPSA) is 50.4 Å². The van der Waals surface area contributed by atoms with Gasteiger partial charge in [0.2, 0.25) is 5.91 Å². The van der Waals surface area contributed by atoms with Crippen molar-refractivity contribution in [3.63, 3.8) is 0 Å². The summed E-state index contributed by atoms with van der Waals surface area (Å²) in [5, 5.41) is 6.24. The first-order chi connectivity index (χ1) is 15.9. The fourth-order valence-electron chi connectivity index (χ4n) is 3.96. The zero-order chi connectivity index (χ0) is 25.0. The highest BCUT2D eigenvalue weighted by Crippen LogP contribution is 2.38. The Kier molecular flexibility index (Phi) is 7.92. The average molecular weight is 488 g/mol. The summed E-state index contributed by atoms with van der Waals surface area (Å²) in [6, 6.07) is 10.7. The lowest BCUT2D eigenvalue weighted by atomic mass is 9.86. The molecule has 1 amide bonds. The summed E-state index contributed by atoms with van der Waals surface area (Å²) in [5.41, 5.74) is -2.93. The van der Waals surface area contributed by atoms with Crippen LogP contribution in [0.3, 0.4) is 0 Å². The fourth-order valence-corrected chi connectivity index (χ4v) is 3.96. The van der Waals surface area contributed by atoms with Gasteiger partial charge in [-0.3, -0.25) is 4.79 Å². The Morgan fingerprint density at radius 1 is 0.971 bits per heavy atom. The third kappa shape index (κ3) is 6.50. The molecule has 1 fully saturated rings. The summed E-state index contributed by atoms with van der Waals surface area (Å²) in [4.78, 5) is 11.9. The predicted molar refractivity (Wildman–Crippen MR) is 114 cm³/mol. The molecule has 2 aromatic rings. The van der Waals surface area contributed by atoms with E-state index < -0.39 is 35.1 Å². The van der Waals surface area contributed by atoms with Crippen LogP contribution in [0.1, 0.15) is 54.5 Å². The Hall–Kier alpha value is -2.59. The number of hydrogen-bond donors (Lipinski definition) is 2. The van der Waals surface area contributed by atoms with Crippen molar-refractivity contribution in [2.75, 3.05) is 19.7 Å². The molecule has 10 heteroatoms. The molecule has 4 nitrogen and oxygen atoms in total. The highest BCUT2D eigenvalue weighted by Gasteiger charge is 2.38. The van der Waals surface area contributed by atoms with Crippen molar-refractivity contribution >= 4 is 5.91 Å². The third-order valence-corrected chi connectivity index (χ3v) is 5.90. The van der Waals surface area contributed by atoms with E-state index in [0.29, 0.717) is 44.5 Å². The molecule has 0 radical (unpaired) electrons. The number of ether oxygens (including phenoxy) is 1. The lowest BCUT2D eigenvalue weighted by Crippen LogP contribution is -2.48. The SMILES string of the molecule is C[C@@H](OC[C@@]1(c2ccccc2)CCNC(=O)CCCN1)c1cc(C(F)(F)F)cc(C(F)(F)F)c1. The molecule has 186 valence electrons. The van der Waals surface area contributed by atoms with Crippen LogP contribution >= 0.6 is 0 Å². The van der Waals surface area contributed by atoms with Crippen molar-refractivity contribution in [2.45, 2.75) is 50.2 Å². The van der Waals surface area contributed by atoms with Crippen LogP contribution in [0.5, 0.6) is 0 Å². The van der Waals surface area contributed by atoms with Gasteiger partial charge in [-0.1, -0.05) is 30.3 Å². The van der Waals surface area contributed by atoms with Gasteiger partial charge in [-0.25, -0.2) is 0 Å². The van der Waals surface area contributed by atoms with E-state index in [0.717, 1.165) is 5.56 Å². The Morgan fingerprint density at radius 3 is 2.18 bits per heavy atom. The van der Waals surface area contributed by atoms with Crippen molar-refractivity contribution in [1.29, 1.82) is 0 Å². The normalized spacial score (nSPS) is 21.2. The van der Waals surface area contributed by atoms with Crippen LogP contribution in [0.25, 0.3) is 0 Å². The molecule has 0 aliphatic carbocycles. The maximum absolute atomic E-state index is 13.3. The van der Waals surface area contributed by atoms with Crippen molar-refractivity contribution in [1.82, 2.24) is 10.6 Å². The second-order valence-corrected chi connectivity index (χ2v) is 8.37. The lowest BCUT2D eigenvalue weighted by Gasteiger charge is -2.36. The van der Waals surface area contributed by atoms with Crippen molar-refractivity contribution in [2.24, 2.45) is 0 Å². The molecule has 0 bridgehead atoms. The van der Waals surface area contributed by atoms with Crippen molar-refractivity contribution in [3.05, 3.63) is 70.8 Å². The van der Waals surface area contributed by atoms with Gasteiger partial charge in [0, 0.05) is 13.0 Å². The van der Waals surface area contributed by atoms with E-state index in [1.165, 1.54) is 6.92 Å². The Labute approximate surface area is 193 Å². The number of amides is 1. The maximum Gasteiger partial charge on any atom is 0.416 e. The summed E-state index contributed by atoms with van der Waals surface area (Å²) < 4.78 is 85.5. The first-order valence-electron chi connectivity index (χ1n) is 10.9. The third-order valence-electron chi connectivity index (χ3n) is 5.90. The van der Waals surface area contributed by atoms with E-state index in [-0.39, 0.29) is 24.1 Å². The van der Waals surface area contributed by atoms with E-state index in [2.05, 4.69) is 10.6 Å². The summed E-state index contributed by atoms with van der Waals surface area (Å²) in [6.45, 7) is 2.22. The monoisotopic (exact) mass is 488 g/mol. The Balaban J connectivity index is 1.90. The van der Waals surface area contributed by atoms with E-state index >= 15 is 0 Å². The number of hydrogen-bond acceptors (Lipinski definition) is 3. The van der Waals surface area contributed by atoms with E-state index in [1.54, 1.807) is 0 Å². The van der Waals surface area contributed by atoms with Crippen LogP contribution < -0.4 is 10.6 Å². The second kappa shape index (κ2) is 10.4. The second-order valence-electron chi connectivity index (χ2n) is 8.37. The predicted octanol–water partition coefficient (Wildman–Crippen LogP) is 5.59. The van der Waals surface area contributed by atoms with E-state index in [9.17, 15) is 31.1 Å². The van der Waals surface area contributed by atoms with Crippen LogP contribution in [-0.4, -0.2) is 25.6 Å². The molecular weight excluding hydrogens is 462 g/mol. The van der Waals surface area contributed by atoms with Gasteiger partial charge in [-0.05, 0) is 55.6 Å². The van der Waals surface area contributed by atoms with Crippen molar-refractivity contribution in [3.8, 4) is 0 Å². The minimum atomic E-state index is -4.93. The fraction of sp³-hybridized carbons (Fsp3) is 0.458. The first-order valence-corrected chi connectivity index (χ1v) is 10.9. The number of rotatable bonds is 5. The Bertz CT molecular complexity index is 945. The zero-order valence-electron chi connectivity index (χ0n) is 18.5. The largest absolute Gasteiger partial charge is 0.416 e. The summed E-state index contributed by atoms with van der Waals surface area (Å²) in [6.07, 6.45) is -9.57. The average Bonchev–Trinajstić information content (AvgIpc) is 2.87. The summed E-state index contributed by atoms with van der Waals surface area (Å²) in [7, 11) is 0. The molecule has 0 spiro atoms. The first kappa shape index (κ1) is 26.0. The number of benzene rings is 2. The minimum absolute atomic E-state index is 0.0222. The van der Waals surface area contributed by atoms with E-state index in [1.807, 2.05) is 30.3 Å². The summed E-state index contributed by atoms with van der Waals surface area (Å²) in [5.74, 6) is -0.0800. The maximum atomic E-state index is 13.3. The van der Waals surface area contributed by atoms with Gasteiger partial charge in [0.25, 0.3) is 0 Å². The molecule has 1 heterocycles. The van der Waals surface area contributed by atoms with Crippen LogP contribution in [0.15, 0.2) is 48.5 Å². The van der Waals surface area contributed by atoms with Crippen LogP contribution in [0, 0.1) is 0 Å². The molecular formula is C24H26F6N2O2. The molecule has 0 saturated carbocycles. The molecule has 2 atom stereocenters. The molecule has 1 saturated heterocycles. The van der Waals surface area contributed by atoms with Crippen LogP contribution in [0.2, 0.25) is 0 Å². The molecule has 0 unspecified atom stereocenters. The van der Waals surface area contributed by atoms with Gasteiger partial charge in [0.15, 0.2) is 0 Å². The highest BCUT2D eigenvalue weighted by molar-refractivity contribution is 5.75. The van der Waals surface area contributed by atoms with Gasteiger partial charge in [0.05, 0.1) is 29.4 Å². The summed E-state index contributed by atoms with van der Waals surface area (Å²) >= 11 is 0. The minimum Gasteiger partial charge on any atom is -0.372 e. The highest BCUT2D eigenvalue weighted by atomic mass is 19.4. The van der Waals surface area contributed by atoms with Gasteiger partial charge in [-0.15, -0.1) is 0 Å². The molecule has 3 rings (SSSR count).